The van der Waals surface area contributed by atoms with Crippen molar-refractivity contribution in [2.24, 2.45) is 7.05 Å². The minimum Gasteiger partial charge on any atom is -0.465 e. The van der Waals surface area contributed by atoms with Crippen molar-refractivity contribution in [3.05, 3.63) is 82.9 Å². The van der Waals surface area contributed by atoms with Gasteiger partial charge in [0.1, 0.15) is 11.2 Å². The summed E-state index contributed by atoms with van der Waals surface area (Å²) in [6.07, 6.45) is 2.75. The topological polar surface area (TPSA) is 101 Å². The van der Waals surface area contributed by atoms with Crippen LogP contribution in [0.25, 0.3) is 16.8 Å². The number of aryl methyl sites for hydroxylation is 2. The van der Waals surface area contributed by atoms with Gasteiger partial charge < -0.3 is 9.47 Å². The van der Waals surface area contributed by atoms with Gasteiger partial charge in [-0.3, -0.25) is 4.68 Å². The molecule has 0 saturated heterocycles. The Bertz CT molecular complexity index is 1530. The highest BCUT2D eigenvalue weighted by Crippen LogP contribution is 2.55. The molecular weight excluding hydrogens is 482 g/mol. The molecule has 9 nitrogen and oxygen atoms in total. The van der Waals surface area contributed by atoms with E-state index < -0.39 is 11.6 Å². The van der Waals surface area contributed by atoms with Crippen molar-refractivity contribution in [1.29, 1.82) is 0 Å². The van der Waals surface area contributed by atoms with Gasteiger partial charge in [-0.2, -0.15) is 5.10 Å². The summed E-state index contributed by atoms with van der Waals surface area (Å²) in [7, 11) is 3.22. The van der Waals surface area contributed by atoms with Crippen LogP contribution in [0, 0.1) is 6.92 Å². The van der Waals surface area contributed by atoms with Crippen LogP contribution < -0.4 is 0 Å². The Hall–Kier alpha value is -4.27. The Morgan fingerprint density at radius 2 is 1.71 bits per heavy atom. The monoisotopic (exact) mass is 513 g/mol. The molecule has 0 aliphatic heterocycles. The molecule has 0 radical (unpaired) electrons. The van der Waals surface area contributed by atoms with Crippen molar-refractivity contribution in [1.82, 2.24) is 24.8 Å². The maximum atomic E-state index is 12.8. The second-order valence-corrected chi connectivity index (χ2v) is 10.6. The van der Waals surface area contributed by atoms with Gasteiger partial charge in [0, 0.05) is 25.1 Å². The molecule has 0 amide bonds. The number of nitrogens with zero attached hydrogens (tertiary/aromatic N) is 5. The van der Waals surface area contributed by atoms with Gasteiger partial charge in [0.25, 0.3) is 0 Å². The average molecular weight is 514 g/mol. The molecule has 1 saturated carbocycles. The Morgan fingerprint density at radius 1 is 1.00 bits per heavy atom. The number of aromatic nitrogens is 5. The van der Waals surface area contributed by atoms with Gasteiger partial charge in [-0.25, -0.2) is 14.3 Å². The summed E-state index contributed by atoms with van der Waals surface area (Å²) in [4.78, 5) is 25.5. The summed E-state index contributed by atoms with van der Waals surface area (Å²) in [5.41, 5.74) is 5.29. The van der Waals surface area contributed by atoms with Crippen molar-refractivity contribution < 1.29 is 19.1 Å². The first kappa shape index (κ1) is 25.4. The number of ether oxygens (including phenoxy) is 2. The molecule has 2 aromatic heterocycles. The molecule has 0 spiro atoms. The smallest absolute Gasteiger partial charge is 0.341 e. The molecule has 1 fully saturated rings. The van der Waals surface area contributed by atoms with E-state index in [1.807, 2.05) is 88.1 Å². The normalized spacial score (nSPS) is 16.8. The number of esters is 2. The van der Waals surface area contributed by atoms with E-state index in [-0.39, 0.29) is 17.8 Å². The lowest BCUT2D eigenvalue weighted by atomic mass is 10.0. The fraction of sp³-hybridized carbons (Fsp3) is 0.345. The Morgan fingerprint density at radius 3 is 2.37 bits per heavy atom. The summed E-state index contributed by atoms with van der Waals surface area (Å²) in [6.45, 7) is 7.36. The van der Waals surface area contributed by atoms with E-state index in [1.165, 1.54) is 7.11 Å². The number of benzene rings is 2. The molecule has 2 unspecified atom stereocenters. The quantitative estimate of drug-likeness (QED) is 0.335. The van der Waals surface area contributed by atoms with E-state index in [4.69, 9.17) is 14.6 Å². The number of carbonyl (C=O) groups excluding carboxylic acids is 2. The van der Waals surface area contributed by atoms with Crippen molar-refractivity contribution >= 4 is 11.9 Å². The number of hydrogen-bond acceptors (Lipinski definition) is 7. The molecule has 0 N–H and O–H groups in total. The second-order valence-electron chi connectivity index (χ2n) is 10.6. The fourth-order valence-electron chi connectivity index (χ4n) is 4.78. The van der Waals surface area contributed by atoms with Crippen molar-refractivity contribution in [2.45, 2.75) is 51.6 Å². The highest BCUT2D eigenvalue weighted by Gasteiger charge is 2.46. The predicted molar refractivity (Wildman–Crippen MR) is 141 cm³/mol. The highest BCUT2D eigenvalue weighted by molar-refractivity contribution is 5.93. The highest BCUT2D eigenvalue weighted by atomic mass is 16.6. The fourth-order valence-corrected chi connectivity index (χ4v) is 4.78. The summed E-state index contributed by atoms with van der Waals surface area (Å²) >= 11 is 0. The number of carbonyl (C=O) groups is 2. The predicted octanol–water partition coefficient (Wildman–Crippen LogP) is 4.99. The van der Waals surface area contributed by atoms with Crippen LogP contribution in [0.3, 0.4) is 0 Å². The zero-order chi connectivity index (χ0) is 27.2. The lowest BCUT2D eigenvalue weighted by molar-refractivity contribution is 0.00693. The molecule has 38 heavy (non-hydrogen) atoms. The van der Waals surface area contributed by atoms with Crippen LogP contribution in [0.5, 0.6) is 0 Å². The molecule has 0 bridgehead atoms. The van der Waals surface area contributed by atoms with Gasteiger partial charge >= 0.3 is 11.9 Å². The number of hydrogen-bond donors (Lipinski definition) is 0. The number of rotatable bonds is 6. The van der Waals surface area contributed by atoms with Crippen LogP contribution in [-0.2, 0) is 16.5 Å². The van der Waals surface area contributed by atoms with Crippen LogP contribution in [0.1, 0.15) is 76.8 Å². The molecular formula is C29H31N5O4. The van der Waals surface area contributed by atoms with Crippen LogP contribution in [0.2, 0.25) is 0 Å². The molecule has 2 heterocycles. The van der Waals surface area contributed by atoms with Crippen LogP contribution in [-0.4, -0.2) is 49.4 Å². The average Bonchev–Trinajstić information content (AvgIpc) is 3.42. The van der Waals surface area contributed by atoms with Gasteiger partial charge in [0.15, 0.2) is 0 Å². The van der Waals surface area contributed by atoms with E-state index in [9.17, 15) is 9.59 Å². The molecule has 4 aromatic rings. The van der Waals surface area contributed by atoms with E-state index in [2.05, 4.69) is 10.3 Å². The Kier molecular flexibility index (Phi) is 6.38. The minimum atomic E-state index is -0.579. The van der Waals surface area contributed by atoms with Gasteiger partial charge in [-0.1, -0.05) is 29.5 Å². The first-order valence-corrected chi connectivity index (χ1v) is 12.5. The third-order valence-electron chi connectivity index (χ3n) is 6.55. The second kappa shape index (κ2) is 9.55. The summed E-state index contributed by atoms with van der Waals surface area (Å²) in [6, 6.07) is 15.3. The minimum absolute atomic E-state index is 0.0566. The Labute approximate surface area is 221 Å². The van der Waals surface area contributed by atoms with Gasteiger partial charge in [-0.05, 0) is 69.5 Å². The van der Waals surface area contributed by atoms with Gasteiger partial charge in [-0.15, -0.1) is 5.10 Å². The van der Waals surface area contributed by atoms with Crippen molar-refractivity contribution in [3.8, 4) is 16.8 Å². The molecule has 1 aliphatic rings. The lowest BCUT2D eigenvalue weighted by Gasteiger charge is -2.19. The van der Waals surface area contributed by atoms with Crippen LogP contribution >= 0.6 is 0 Å². The zero-order valence-corrected chi connectivity index (χ0v) is 22.4. The van der Waals surface area contributed by atoms with E-state index in [1.54, 1.807) is 10.7 Å². The van der Waals surface area contributed by atoms with E-state index in [0.29, 0.717) is 16.8 Å². The molecule has 196 valence electrons. The molecule has 9 heteroatoms. The summed E-state index contributed by atoms with van der Waals surface area (Å²) in [5.74, 6) is -0.571. The lowest BCUT2D eigenvalue weighted by Crippen LogP contribution is -2.23. The summed E-state index contributed by atoms with van der Waals surface area (Å²) in [5, 5.41) is 13.1. The largest absolute Gasteiger partial charge is 0.465 e. The van der Waals surface area contributed by atoms with Crippen molar-refractivity contribution in [2.75, 3.05) is 7.11 Å². The molecule has 2 aromatic carbocycles. The summed E-state index contributed by atoms with van der Waals surface area (Å²) < 4.78 is 14.2. The number of methoxy groups -OCH3 is 1. The first-order valence-electron chi connectivity index (χ1n) is 12.5. The Balaban J connectivity index is 1.54. The third-order valence-corrected chi connectivity index (χ3v) is 6.55. The zero-order valence-electron chi connectivity index (χ0n) is 22.4. The maximum Gasteiger partial charge on any atom is 0.341 e. The van der Waals surface area contributed by atoms with Gasteiger partial charge in [0.2, 0.25) is 0 Å². The van der Waals surface area contributed by atoms with Crippen LogP contribution in [0.4, 0.5) is 0 Å². The molecule has 2 atom stereocenters. The molecule has 1 aliphatic carbocycles. The molecule has 5 rings (SSSR count). The van der Waals surface area contributed by atoms with E-state index >= 15 is 0 Å². The third kappa shape index (κ3) is 4.96. The first-order chi connectivity index (χ1) is 18.1. The van der Waals surface area contributed by atoms with E-state index in [0.717, 1.165) is 34.6 Å². The SMILES string of the molecule is COC(=O)c1c(C)nn(-c2cccc(-c3cccc(C(=O)OC(C)(C)C)c3)c2)c1C1CC1c1cn(C)nn1. The van der Waals surface area contributed by atoms with Gasteiger partial charge in [0.05, 0.1) is 35.4 Å². The maximum absolute atomic E-state index is 12.8. The standard InChI is InChI=1S/C29H31N5O4/c1-17-25(28(36)37-6)26(23-15-22(23)24-16-33(5)32-30-24)34(31-17)21-12-8-10-19(14-21)18-9-7-11-20(13-18)27(35)38-29(2,3)4/h7-14,16,22-23H,15H2,1-6H3. The van der Waals surface area contributed by atoms with Crippen LogP contribution in [0.15, 0.2) is 54.7 Å². The van der Waals surface area contributed by atoms with Crippen molar-refractivity contribution in [3.63, 3.8) is 0 Å².